The number of hydrogen-bond donors (Lipinski definition) is 2. The minimum atomic E-state index is -0.107. The van der Waals surface area contributed by atoms with Crippen molar-refractivity contribution in [3.63, 3.8) is 0 Å². The topological polar surface area (TPSA) is 40.5 Å². The molecule has 46 valence electrons. The van der Waals surface area contributed by atoms with Crippen molar-refractivity contribution in [3.8, 4) is 0 Å². The van der Waals surface area contributed by atoms with Crippen molar-refractivity contribution in [1.82, 2.24) is 0 Å². The molecule has 0 rings (SSSR count). The maximum absolute atomic E-state index is 8.67. The molecule has 0 unspecified atom stereocenters. The van der Waals surface area contributed by atoms with Gasteiger partial charge in [-0.1, -0.05) is 13.5 Å². The van der Waals surface area contributed by atoms with Crippen LogP contribution in [-0.2, 0) is 0 Å². The molecule has 0 aromatic rings. The predicted octanol–water partition coefficient (Wildman–Crippen LogP) is 1.91. The highest BCUT2D eigenvalue weighted by Crippen LogP contribution is 1.96. The van der Waals surface area contributed by atoms with Crippen LogP contribution in [-0.4, -0.2) is 10.2 Å². The Kier molecular flexibility index (Phi) is 2.77. The Balaban J connectivity index is 3.75. The smallest absolute Gasteiger partial charge is 0.111 e. The molecule has 2 N–H and O–H groups in total. The van der Waals surface area contributed by atoms with Gasteiger partial charge in [-0.25, -0.2) is 0 Å². The molecule has 0 aliphatic carbocycles. The van der Waals surface area contributed by atoms with Gasteiger partial charge in [-0.3, -0.25) is 0 Å². The van der Waals surface area contributed by atoms with Gasteiger partial charge in [-0.05, 0) is 0 Å². The Morgan fingerprint density at radius 2 is 2.12 bits per heavy atom. The van der Waals surface area contributed by atoms with Crippen LogP contribution < -0.4 is 0 Å². The molecule has 2 heteroatoms. The molecule has 0 bridgehead atoms. The maximum Gasteiger partial charge on any atom is 0.111 e. The first-order chi connectivity index (χ1) is 3.66. The second-order valence-corrected chi connectivity index (χ2v) is 1.48. The van der Waals surface area contributed by atoms with Crippen molar-refractivity contribution in [3.05, 3.63) is 24.2 Å². The summed E-state index contributed by atoms with van der Waals surface area (Å²) >= 11 is 0. The van der Waals surface area contributed by atoms with E-state index in [2.05, 4.69) is 6.58 Å². The van der Waals surface area contributed by atoms with E-state index in [0.717, 1.165) is 0 Å². The van der Waals surface area contributed by atoms with E-state index in [4.69, 9.17) is 10.2 Å². The fourth-order valence-electron chi connectivity index (χ4n) is 0.294. The minimum absolute atomic E-state index is 0.107. The lowest BCUT2D eigenvalue weighted by atomic mass is 10.3. The predicted molar refractivity (Wildman–Crippen MR) is 32.8 cm³/mol. The van der Waals surface area contributed by atoms with Crippen LogP contribution in [0.2, 0.25) is 0 Å². The normalized spacial score (nSPS) is 11.4. The molecular formula is C6H10O2. The van der Waals surface area contributed by atoms with Crippen molar-refractivity contribution in [2.45, 2.75) is 13.3 Å². The molecule has 2 nitrogen and oxygen atoms in total. The third-order valence-corrected chi connectivity index (χ3v) is 0.695. The molecule has 0 amide bonds. The summed E-state index contributed by atoms with van der Waals surface area (Å²) in [6, 6.07) is 0. The first-order valence-corrected chi connectivity index (χ1v) is 2.44. The van der Waals surface area contributed by atoms with Crippen molar-refractivity contribution in [2.75, 3.05) is 0 Å². The van der Waals surface area contributed by atoms with E-state index in [1.54, 1.807) is 6.92 Å². The molecule has 0 aromatic carbocycles. The van der Waals surface area contributed by atoms with Gasteiger partial charge >= 0.3 is 0 Å². The average Bonchev–Trinajstić information content (AvgIpc) is 1.65. The Bertz CT molecular complexity index is 114. The van der Waals surface area contributed by atoms with Crippen LogP contribution in [0.15, 0.2) is 24.2 Å². The Morgan fingerprint density at radius 3 is 2.25 bits per heavy atom. The van der Waals surface area contributed by atoms with Crippen molar-refractivity contribution < 1.29 is 10.2 Å². The SMILES string of the molecule is C=C(O)C=C(O)CC. The minimum Gasteiger partial charge on any atom is -0.512 e. The number of aliphatic hydroxyl groups excluding tert-OH is 2. The van der Waals surface area contributed by atoms with E-state index in [0.29, 0.717) is 6.42 Å². The molecular weight excluding hydrogens is 104 g/mol. The van der Waals surface area contributed by atoms with E-state index in [9.17, 15) is 0 Å². The summed E-state index contributed by atoms with van der Waals surface area (Å²) in [6.45, 7) is 4.95. The molecule has 0 saturated carbocycles. The van der Waals surface area contributed by atoms with Gasteiger partial charge in [0.2, 0.25) is 0 Å². The summed E-state index contributed by atoms with van der Waals surface area (Å²) in [5.74, 6) is 0.0434. The van der Waals surface area contributed by atoms with Gasteiger partial charge < -0.3 is 10.2 Å². The van der Waals surface area contributed by atoms with Gasteiger partial charge in [0, 0.05) is 12.5 Å². The van der Waals surface area contributed by atoms with Crippen LogP contribution in [0.4, 0.5) is 0 Å². The second kappa shape index (κ2) is 3.13. The fraction of sp³-hybridized carbons (Fsp3) is 0.333. The average molecular weight is 114 g/mol. The molecule has 0 fully saturated rings. The zero-order valence-electron chi connectivity index (χ0n) is 4.89. The van der Waals surface area contributed by atoms with Gasteiger partial charge in [-0.15, -0.1) is 0 Å². The van der Waals surface area contributed by atoms with Crippen molar-refractivity contribution in [2.24, 2.45) is 0 Å². The van der Waals surface area contributed by atoms with Crippen LogP contribution in [0.3, 0.4) is 0 Å². The third-order valence-electron chi connectivity index (χ3n) is 0.695. The van der Waals surface area contributed by atoms with Gasteiger partial charge in [-0.2, -0.15) is 0 Å². The molecule has 0 atom stereocenters. The Hall–Kier alpha value is -0.920. The van der Waals surface area contributed by atoms with Gasteiger partial charge in [0.05, 0.1) is 5.76 Å². The zero-order chi connectivity index (χ0) is 6.57. The van der Waals surface area contributed by atoms with Gasteiger partial charge in [0.25, 0.3) is 0 Å². The van der Waals surface area contributed by atoms with E-state index >= 15 is 0 Å². The fourth-order valence-corrected chi connectivity index (χ4v) is 0.294. The van der Waals surface area contributed by atoms with Crippen molar-refractivity contribution >= 4 is 0 Å². The number of hydrogen-bond acceptors (Lipinski definition) is 2. The van der Waals surface area contributed by atoms with Crippen molar-refractivity contribution in [1.29, 1.82) is 0 Å². The lowest BCUT2D eigenvalue weighted by Gasteiger charge is -1.90. The van der Waals surface area contributed by atoms with Gasteiger partial charge in [0.1, 0.15) is 5.76 Å². The standard InChI is InChI=1S/C6H10O2/c1-3-6(8)4-5(2)7/h4,7-8H,2-3H2,1H3. The molecule has 8 heavy (non-hydrogen) atoms. The first-order valence-electron chi connectivity index (χ1n) is 2.44. The lowest BCUT2D eigenvalue weighted by Crippen LogP contribution is -1.77. The number of rotatable bonds is 2. The quantitative estimate of drug-likeness (QED) is 0.425. The van der Waals surface area contributed by atoms with E-state index in [1.807, 2.05) is 0 Å². The van der Waals surface area contributed by atoms with E-state index < -0.39 is 0 Å². The molecule has 0 spiro atoms. The van der Waals surface area contributed by atoms with Crippen LogP contribution in [0, 0.1) is 0 Å². The van der Waals surface area contributed by atoms with Gasteiger partial charge in [0.15, 0.2) is 0 Å². The van der Waals surface area contributed by atoms with E-state index in [-0.39, 0.29) is 11.5 Å². The molecule has 0 saturated heterocycles. The number of allylic oxidation sites excluding steroid dienone is 2. The summed E-state index contributed by atoms with van der Waals surface area (Å²) in [4.78, 5) is 0. The summed E-state index contributed by atoms with van der Waals surface area (Å²) < 4.78 is 0. The van der Waals surface area contributed by atoms with Crippen LogP contribution in [0.5, 0.6) is 0 Å². The second-order valence-electron chi connectivity index (χ2n) is 1.48. The number of aliphatic hydroxyl groups is 2. The lowest BCUT2D eigenvalue weighted by molar-refractivity contribution is 0.380. The Labute approximate surface area is 48.8 Å². The first kappa shape index (κ1) is 7.08. The van der Waals surface area contributed by atoms with Crippen LogP contribution in [0.1, 0.15) is 13.3 Å². The largest absolute Gasteiger partial charge is 0.512 e. The highest BCUT2D eigenvalue weighted by Gasteiger charge is 1.85. The molecule has 0 heterocycles. The summed E-state index contributed by atoms with van der Waals surface area (Å²) in [5, 5.41) is 17.1. The molecule has 0 radical (unpaired) electrons. The van der Waals surface area contributed by atoms with E-state index in [1.165, 1.54) is 6.08 Å². The third kappa shape index (κ3) is 3.28. The molecule has 0 aliphatic rings. The molecule has 0 aliphatic heterocycles. The highest BCUT2D eigenvalue weighted by molar-refractivity contribution is 5.08. The highest BCUT2D eigenvalue weighted by atomic mass is 16.3. The van der Waals surface area contributed by atoms with Crippen LogP contribution >= 0.6 is 0 Å². The molecule has 0 aromatic heterocycles. The maximum atomic E-state index is 8.67. The summed E-state index contributed by atoms with van der Waals surface area (Å²) in [6.07, 6.45) is 1.75. The summed E-state index contributed by atoms with van der Waals surface area (Å²) in [7, 11) is 0. The zero-order valence-corrected chi connectivity index (χ0v) is 4.89. The summed E-state index contributed by atoms with van der Waals surface area (Å²) in [5.41, 5.74) is 0. The monoisotopic (exact) mass is 114 g/mol. The Morgan fingerprint density at radius 1 is 1.62 bits per heavy atom. The van der Waals surface area contributed by atoms with Crippen LogP contribution in [0.25, 0.3) is 0 Å².